The fourth-order valence-electron chi connectivity index (χ4n) is 6.43. The number of carbonyl (C=O) groups excluding carboxylic acids is 6. The molecule has 1 fully saturated rings. The Bertz CT molecular complexity index is 2120. The average Bonchev–Trinajstić information content (AvgIpc) is 3.71. The number of amides is 5. The van der Waals surface area contributed by atoms with Crippen LogP contribution in [0.25, 0.3) is 11.3 Å². The number of nitro benzene ring substituents is 1. The van der Waals surface area contributed by atoms with Crippen LogP contribution < -0.4 is 21.7 Å². The second-order valence-corrected chi connectivity index (χ2v) is 16.5. The maximum atomic E-state index is 14.6. The van der Waals surface area contributed by atoms with Gasteiger partial charge in [0, 0.05) is 22.7 Å². The third-order valence-electron chi connectivity index (χ3n) is 10.1. The molecule has 58 heavy (non-hydrogen) atoms. The van der Waals surface area contributed by atoms with Crippen LogP contribution in [0.5, 0.6) is 0 Å². The number of sulfonamides is 1. The molecule has 17 nitrogen and oxygen atoms in total. The van der Waals surface area contributed by atoms with Gasteiger partial charge in [0.2, 0.25) is 17.6 Å². The van der Waals surface area contributed by atoms with Crippen molar-refractivity contribution in [3.8, 4) is 11.3 Å². The van der Waals surface area contributed by atoms with E-state index in [4.69, 9.17) is 21.8 Å². The van der Waals surface area contributed by atoms with E-state index in [1.165, 1.54) is 13.0 Å². The number of carbonyl (C=O) groups is 6. The van der Waals surface area contributed by atoms with Crippen LogP contribution in [0, 0.1) is 22.0 Å². The first kappa shape index (κ1) is 45.2. The first-order chi connectivity index (χ1) is 27.5. The summed E-state index contributed by atoms with van der Waals surface area (Å²) in [6.07, 6.45) is 4.20. The summed E-state index contributed by atoms with van der Waals surface area (Å²) >= 11 is 5.99. The first-order valence-electron chi connectivity index (χ1n) is 18.9. The molecule has 312 valence electrons. The lowest BCUT2D eigenvalue weighted by Crippen LogP contribution is -2.58. The quantitative estimate of drug-likeness (QED) is 0.0795. The van der Waals surface area contributed by atoms with Crippen molar-refractivity contribution >= 4 is 62.6 Å². The predicted octanol–water partition coefficient (Wildman–Crippen LogP) is 4.27. The van der Waals surface area contributed by atoms with E-state index in [0.717, 1.165) is 37.5 Å². The van der Waals surface area contributed by atoms with Crippen LogP contribution in [0.3, 0.4) is 0 Å². The van der Waals surface area contributed by atoms with Crippen molar-refractivity contribution < 1.29 is 46.5 Å². The number of nitrogens with zero attached hydrogens (tertiary/aromatic N) is 2. The Morgan fingerprint density at radius 1 is 0.966 bits per heavy atom. The Morgan fingerprint density at radius 3 is 2.26 bits per heavy atom. The first-order valence-corrected chi connectivity index (χ1v) is 20.7. The average molecular weight is 843 g/mol. The number of non-ortho nitro benzene ring substituents is 1. The number of Topliss-reactive ketones (excluding diaryl/α,β-unsaturated/α-hetero) is 1. The van der Waals surface area contributed by atoms with Gasteiger partial charge in [-0.2, -0.15) is 0 Å². The molecule has 4 atom stereocenters. The second-order valence-electron chi connectivity index (χ2n) is 14.2. The number of nitro groups is 1. The van der Waals surface area contributed by atoms with Crippen molar-refractivity contribution in [2.24, 2.45) is 17.6 Å². The molecule has 19 heteroatoms. The third-order valence-corrected chi connectivity index (χ3v) is 12.0. The molecule has 5 N–H and O–H groups in total. The van der Waals surface area contributed by atoms with Gasteiger partial charge in [-0.1, -0.05) is 77.0 Å². The third kappa shape index (κ3) is 11.6. The van der Waals surface area contributed by atoms with Crippen LogP contribution in [0.15, 0.2) is 70.0 Å². The number of imide groups is 1. The SMILES string of the molecule is CCC(N)C(=O)C(=O)NC(=O)CN(C(=O)[C@H](CC1CCCCC1)NC(=O)[C@@H](NC(=O)c1ccc(-c2ccc(Cl)cc2)o1)[C@@H](C)CC)S(=O)(=O)c1cccc([N+](=O)[O-])c1. The summed E-state index contributed by atoms with van der Waals surface area (Å²) in [5.41, 5.74) is 5.64. The smallest absolute Gasteiger partial charge is 0.295 e. The Balaban J connectivity index is 1.69. The molecule has 1 aliphatic carbocycles. The maximum absolute atomic E-state index is 14.6. The van der Waals surface area contributed by atoms with Gasteiger partial charge in [-0.25, -0.2) is 12.7 Å². The monoisotopic (exact) mass is 842 g/mol. The van der Waals surface area contributed by atoms with Gasteiger partial charge in [-0.05, 0) is 67.1 Å². The van der Waals surface area contributed by atoms with Crippen LogP contribution in [0.2, 0.25) is 5.02 Å². The molecular weight excluding hydrogens is 796 g/mol. The van der Waals surface area contributed by atoms with E-state index >= 15 is 0 Å². The van der Waals surface area contributed by atoms with Crippen molar-refractivity contribution in [2.45, 2.75) is 95.2 Å². The van der Waals surface area contributed by atoms with Gasteiger partial charge in [-0.3, -0.25) is 44.2 Å². The highest BCUT2D eigenvalue weighted by Crippen LogP contribution is 2.30. The molecule has 0 spiro atoms. The molecule has 4 rings (SSSR count). The minimum Gasteiger partial charge on any atom is -0.451 e. The van der Waals surface area contributed by atoms with E-state index in [2.05, 4.69) is 10.6 Å². The standard InChI is InChI=1S/C39H47ClN6O11S/c1-4-23(3)34(44-36(49)32-19-18-31(57-32)25-14-16-26(40)17-15-25)37(50)42-30(20-24-10-7-6-8-11-24)39(52)45(22-33(47)43-38(51)35(48)29(41)5-2)58(55,56)28-13-9-12-27(21-28)46(53)54/h9,12-19,21,23-24,29-30,34H,4-8,10-11,20,22,41H2,1-3H3,(H,42,50)(H,44,49)(H,43,47,51)/t23-,29?,30-,34-/m0/s1. The molecule has 1 unspecified atom stereocenters. The van der Waals surface area contributed by atoms with E-state index < -0.39 is 91.4 Å². The topological polar surface area (TPSA) is 258 Å². The van der Waals surface area contributed by atoms with Crippen molar-refractivity contribution in [1.29, 1.82) is 0 Å². The Kier molecular flexibility index (Phi) is 15.8. The minimum atomic E-state index is -5.11. The fraction of sp³-hybridized carbons (Fsp3) is 0.436. The largest absolute Gasteiger partial charge is 0.451 e. The van der Waals surface area contributed by atoms with Crippen molar-refractivity contribution in [2.75, 3.05) is 6.54 Å². The lowest BCUT2D eigenvalue weighted by Gasteiger charge is -2.32. The van der Waals surface area contributed by atoms with E-state index in [0.29, 0.717) is 41.7 Å². The Hall–Kier alpha value is -5.46. The fourth-order valence-corrected chi connectivity index (χ4v) is 7.99. The number of nitrogens with two attached hydrogens (primary N) is 1. The van der Waals surface area contributed by atoms with Crippen molar-refractivity contribution in [3.63, 3.8) is 0 Å². The summed E-state index contributed by atoms with van der Waals surface area (Å²) in [6, 6.07) is 9.35. The zero-order valence-corrected chi connectivity index (χ0v) is 33.8. The zero-order valence-electron chi connectivity index (χ0n) is 32.3. The summed E-state index contributed by atoms with van der Waals surface area (Å²) in [5.74, 6) is -7.30. The van der Waals surface area contributed by atoms with Crippen LogP contribution in [-0.2, 0) is 34.0 Å². The Morgan fingerprint density at radius 2 is 1.64 bits per heavy atom. The summed E-state index contributed by atoms with van der Waals surface area (Å²) in [5, 5.41) is 19.1. The van der Waals surface area contributed by atoms with Gasteiger partial charge in [-0.15, -0.1) is 0 Å². The normalized spacial score (nSPS) is 15.3. The number of furan rings is 1. The molecule has 5 amide bonds. The highest BCUT2D eigenvalue weighted by molar-refractivity contribution is 7.89. The maximum Gasteiger partial charge on any atom is 0.295 e. The molecular formula is C39H47ClN6O11S. The van der Waals surface area contributed by atoms with E-state index in [9.17, 15) is 47.3 Å². The molecule has 1 aliphatic rings. The molecule has 1 saturated carbocycles. The van der Waals surface area contributed by atoms with Crippen LogP contribution in [0.4, 0.5) is 5.69 Å². The molecule has 0 bridgehead atoms. The number of ketones is 1. The van der Waals surface area contributed by atoms with Gasteiger partial charge in [0.25, 0.3) is 33.4 Å². The highest BCUT2D eigenvalue weighted by Gasteiger charge is 2.40. The lowest BCUT2D eigenvalue weighted by atomic mass is 9.84. The number of hydrogen-bond donors (Lipinski definition) is 4. The van der Waals surface area contributed by atoms with Crippen molar-refractivity contribution in [3.05, 3.63) is 81.6 Å². The molecule has 1 aromatic heterocycles. The molecule has 3 aromatic rings. The van der Waals surface area contributed by atoms with Crippen LogP contribution in [0.1, 0.15) is 82.7 Å². The van der Waals surface area contributed by atoms with Gasteiger partial charge in [0.05, 0.1) is 15.9 Å². The molecule has 0 radical (unpaired) electrons. The van der Waals surface area contributed by atoms with Gasteiger partial charge >= 0.3 is 0 Å². The van der Waals surface area contributed by atoms with Gasteiger partial charge in [0.1, 0.15) is 24.4 Å². The van der Waals surface area contributed by atoms with Crippen LogP contribution >= 0.6 is 11.6 Å². The zero-order chi connectivity index (χ0) is 42.7. The van der Waals surface area contributed by atoms with E-state index in [1.54, 1.807) is 49.5 Å². The van der Waals surface area contributed by atoms with E-state index in [1.807, 2.05) is 0 Å². The Labute approximate surface area is 340 Å². The van der Waals surface area contributed by atoms with E-state index in [-0.39, 0.29) is 28.8 Å². The van der Waals surface area contributed by atoms with Gasteiger partial charge < -0.3 is 20.8 Å². The molecule has 0 aliphatic heterocycles. The summed E-state index contributed by atoms with van der Waals surface area (Å²) < 4.78 is 34.3. The number of rotatable bonds is 18. The second kappa shape index (κ2) is 20.3. The van der Waals surface area contributed by atoms with Gasteiger partial charge in [0.15, 0.2) is 5.76 Å². The lowest BCUT2D eigenvalue weighted by molar-refractivity contribution is -0.385. The minimum absolute atomic E-state index is 0.0544. The summed E-state index contributed by atoms with van der Waals surface area (Å²) in [6.45, 7) is 3.65. The summed E-state index contributed by atoms with van der Waals surface area (Å²) in [7, 11) is -5.11. The molecule has 0 saturated heterocycles. The number of nitrogens with one attached hydrogen (secondary N) is 3. The number of hydrogen-bond acceptors (Lipinski definition) is 12. The number of benzene rings is 2. The highest BCUT2D eigenvalue weighted by atomic mass is 35.5. The van der Waals surface area contributed by atoms with Crippen molar-refractivity contribution in [1.82, 2.24) is 20.3 Å². The summed E-state index contributed by atoms with van der Waals surface area (Å²) in [4.78, 5) is 90.4. The van der Waals surface area contributed by atoms with Crippen LogP contribution in [-0.4, -0.2) is 77.6 Å². The number of halogens is 1. The predicted molar refractivity (Wildman–Crippen MR) is 211 cm³/mol. The molecule has 2 aromatic carbocycles. The molecule has 1 heterocycles.